The molecule has 0 aromatic heterocycles. The molecule has 0 amide bonds. The molecule has 26 heavy (non-hydrogen) atoms. The van der Waals surface area contributed by atoms with Crippen LogP contribution in [-0.2, 0) is 0 Å². The highest BCUT2D eigenvalue weighted by atomic mass is 32.2. The van der Waals surface area contributed by atoms with Crippen LogP contribution in [0.4, 0.5) is 5.69 Å². The first-order valence-electron chi connectivity index (χ1n) is 8.85. The predicted octanol–water partition coefficient (Wildman–Crippen LogP) is 2.68. The minimum Gasteiger partial charge on any atom is -0.508 e. The summed E-state index contributed by atoms with van der Waals surface area (Å²) in [5, 5.41) is 19.5. The Morgan fingerprint density at radius 1 is 1.00 bits per heavy atom. The Hall–Kier alpha value is -1.89. The van der Waals surface area contributed by atoms with Crippen LogP contribution in [0.15, 0.2) is 53.4 Å². The molecule has 2 aromatic rings. The molecule has 1 fully saturated rings. The summed E-state index contributed by atoms with van der Waals surface area (Å²) in [6.07, 6.45) is 1.56. The highest BCUT2D eigenvalue weighted by Gasteiger charge is 2.19. The number of aliphatic hydroxyl groups is 1. The molecule has 140 valence electrons. The molecular formula is C20H26N2O3S. The van der Waals surface area contributed by atoms with Crippen LogP contribution >= 0.6 is 11.8 Å². The van der Waals surface area contributed by atoms with Gasteiger partial charge < -0.3 is 19.8 Å². The van der Waals surface area contributed by atoms with Crippen LogP contribution in [-0.4, -0.2) is 66.8 Å². The number of anilines is 1. The lowest BCUT2D eigenvalue weighted by molar-refractivity contribution is 0.0663. The lowest BCUT2D eigenvalue weighted by Gasteiger charge is -2.36. The highest BCUT2D eigenvalue weighted by molar-refractivity contribution is 7.98. The number of aromatic hydroxyl groups is 1. The quantitative estimate of drug-likeness (QED) is 0.727. The fraction of sp³-hybridized carbons (Fsp3) is 0.400. The molecule has 1 saturated heterocycles. The molecule has 6 heteroatoms. The number of benzene rings is 2. The summed E-state index contributed by atoms with van der Waals surface area (Å²) >= 11 is 1.76. The van der Waals surface area contributed by atoms with Gasteiger partial charge >= 0.3 is 0 Å². The first kappa shape index (κ1) is 18.9. The van der Waals surface area contributed by atoms with Crippen LogP contribution in [0, 0.1) is 0 Å². The lowest BCUT2D eigenvalue weighted by Crippen LogP contribution is -2.49. The van der Waals surface area contributed by atoms with Gasteiger partial charge in [0.1, 0.15) is 24.2 Å². The Balaban J connectivity index is 1.40. The van der Waals surface area contributed by atoms with Gasteiger partial charge in [0.05, 0.1) is 0 Å². The van der Waals surface area contributed by atoms with E-state index < -0.39 is 6.10 Å². The molecule has 0 unspecified atom stereocenters. The summed E-state index contributed by atoms with van der Waals surface area (Å²) in [5.74, 6) is 0.860. The van der Waals surface area contributed by atoms with Gasteiger partial charge in [0.15, 0.2) is 0 Å². The topological polar surface area (TPSA) is 56.2 Å². The van der Waals surface area contributed by atoms with Crippen molar-refractivity contribution in [3.8, 4) is 11.5 Å². The Morgan fingerprint density at radius 2 is 1.65 bits per heavy atom. The van der Waals surface area contributed by atoms with Gasteiger partial charge in [-0.1, -0.05) is 0 Å². The number of thioether (sulfide) groups is 1. The molecule has 0 saturated carbocycles. The maximum Gasteiger partial charge on any atom is 0.119 e. The van der Waals surface area contributed by atoms with E-state index in [9.17, 15) is 10.2 Å². The van der Waals surface area contributed by atoms with Crippen molar-refractivity contribution in [2.45, 2.75) is 11.0 Å². The molecule has 1 aliphatic rings. The van der Waals surface area contributed by atoms with Gasteiger partial charge in [0.25, 0.3) is 0 Å². The molecule has 0 spiro atoms. The monoisotopic (exact) mass is 374 g/mol. The first-order valence-corrected chi connectivity index (χ1v) is 10.1. The average molecular weight is 375 g/mol. The third kappa shape index (κ3) is 5.30. The molecule has 1 atom stereocenters. The molecule has 5 nitrogen and oxygen atoms in total. The number of aliphatic hydroxyl groups excluding tert-OH is 1. The van der Waals surface area contributed by atoms with Gasteiger partial charge in [0, 0.05) is 43.3 Å². The highest BCUT2D eigenvalue weighted by Crippen LogP contribution is 2.21. The summed E-state index contributed by atoms with van der Waals surface area (Å²) in [5.41, 5.74) is 1.26. The number of phenolic OH excluding ortho intramolecular Hbond substituents is 1. The van der Waals surface area contributed by atoms with Gasteiger partial charge in [-0.25, -0.2) is 0 Å². The first-order chi connectivity index (χ1) is 12.6. The number of ether oxygens (including phenoxy) is 1. The molecule has 0 radical (unpaired) electrons. The zero-order valence-electron chi connectivity index (χ0n) is 15.0. The van der Waals surface area contributed by atoms with Crippen LogP contribution in [0.25, 0.3) is 0 Å². The number of phenols is 1. The molecule has 1 heterocycles. The predicted molar refractivity (Wildman–Crippen MR) is 106 cm³/mol. The van der Waals surface area contributed by atoms with Gasteiger partial charge in [-0.15, -0.1) is 11.8 Å². The summed E-state index contributed by atoms with van der Waals surface area (Å²) in [4.78, 5) is 5.95. The Labute approximate surface area is 159 Å². The van der Waals surface area contributed by atoms with Crippen molar-refractivity contribution in [3.63, 3.8) is 0 Å². The Bertz CT molecular complexity index is 670. The van der Waals surface area contributed by atoms with Crippen molar-refractivity contribution in [1.82, 2.24) is 4.90 Å². The van der Waals surface area contributed by atoms with E-state index in [1.807, 2.05) is 0 Å². The standard InChI is InChI=1S/C20H26N2O3S/c1-26-20-8-2-16(3-9-20)22-12-10-21(11-13-22)14-18(24)15-25-19-6-4-17(23)5-7-19/h2-9,18,23-24H,10-15H2,1H3/t18-/m0/s1. The zero-order chi connectivity index (χ0) is 18.4. The van der Waals surface area contributed by atoms with E-state index in [2.05, 4.69) is 40.3 Å². The molecule has 0 aliphatic carbocycles. The normalized spacial score (nSPS) is 16.5. The minimum absolute atomic E-state index is 0.207. The molecule has 3 rings (SSSR count). The lowest BCUT2D eigenvalue weighted by atomic mass is 10.2. The summed E-state index contributed by atoms with van der Waals surface area (Å²) < 4.78 is 5.58. The number of hydrogen-bond acceptors (Lipinski definition) is 6. The van der Waals surface area contributed by atoms with E-state index >= 15 is 0 Å². The summed E-state index contributed by atoms with van der Waals surface area (Å²) in [6, 6.07) is 15.2. The van der Waals surface area contributed by atoms with Gasteiger partial charge in [-0.05, 0) is 54.8 Å². The van der Waals surface area contributed by atoms with E-state index in [1.165, 1.54) is 10.6 Å². The van der Waals surface area contributed by atoms with Crippen LogP contribution in [0.2, 0.25) is 0 Å². The van der Waals surface area contributed by atoms with E-state index in [0.29, 0.717) is 12.3 Å². The van der Waals surface area contributed by atoms with E-state index in [0.717, 1.165) is 26.2 Å². The van der Waals surface area contributed by atoms with E-state index in [-0.39, 0.29) is 12.4 Å². The van der Waals surface area contributed by atoms with Crippen molar-refractivity contribution < 1.29 is 14.9 Å². The largest absolute Gasteiger partial charge is 0.508 e. The Morgan fingerprint density at radius 3 is 2.27 bits per heavy atom. The fourth-order valence-corrected chi connectivity index (χ4v) is 3.48. The van der Waals surface area contributed by atoms with Crippen molar-refractivity contribution >= 4 is 17.4 Å². The number of hydrogen-bond donors (Lipinski definition) is 2. The maximum absolute atomic E-state index is 10.2. The second-order valence-electron chi connectivity index (χ2n) is 6.44. The SMILES string of the molecule is CSc1ccc(N2CCN(C[C@H](O)COc3ccc(O)cc3)CC2)cc1. The zero-order valence-corrected chi connectivity index (χ0v) is 15.9. The third-order valence-corrected chi connectivity index (χ3v) is 5.30. The van der Waals surface area contributed by atoms with Crippen molar-refractivity contribution in [2.24, 2.45) is 0 Å². The summed E-state index contributed by atoms with van der Waals surface area (Å²) in [6.45, 7) is 4.65. The minimum atomic E-state index is -0.531. The molecular weight excluding hydrogens is 348 g/mol. The molecule has 1 aliphatic heterocycles. The van der Waals surface area contributed by atoms with Gasteiger partial charge in [0.2, 0.25) is 0 Å². The molecule has 0 bridgehead atoms. The van der Waals surface area contributed by atoms with Crippen LogP contribution < -0.4 is 9.64 Å². The van der Waals surface area contributed by atoms with Crippen molar-refractivity contribution in [2.75, 3.05) is 50.5 Å². The second kappa shape index (κ2) is 9.16. The Kier molecular flexibility index (Phi) is 6.66. The number of piperazine rings is 1. The van der Waals surface area contributed by atoms with E-state index in [4.69, 9.17) is 4.74 Å². The van der Waals surface area contributed by atoms with Crippen molar-refractivity contribution in [3.05, 3.63) is 48.5 Å². The number of β-amino-alcohol motifs (C(OH)–C–C–N with tert-alkyl or cyclic N) is 1. The average Bonchev–Trinajstić information content (AvgIpc) is 2.68. The van der Waals surface area contributed by atoms with Gasteiger partial charge in [-0.2, -0.15) is 0 Å². The van der Waals surface area contributed by atoms with Crippen molar-refractivity contribution in [1.29, 1.82) is 0 Å². The third-order valence-electron chi connectivity index (χ3n) is 4.56. The van der Waals surface area contributed by atoms with Crippen LogP contribution in [0.1, 0.15) is 0 Å². The number of rotatable bonds is 7. The molecule has 2 aromatic carbocycles. The fourth-order valence-electron chi connectivity index (χ4n) is 3.07. The van der Waals surface area contributed by atoms with Crippen LogP contribution in [0.5, 0.6) is 11.5 Å². The van der Waals surface area contributed by atoms with Crippen LogP contribution in [0.3, 0.4) is 0 Å². The second-order valence-corrected chi connectivity index (χ2v) is 7.32. The molecule has 2 N–H and O–H groups in total. The van der Waals surface area contributed by atoms with Gasteiger partial charge in [-0.3, -0.25) is 4.90 Å². The summed E-state index contributed by atoms with van der Waals surface area (Å²) in [7, 11) is 0. The maximum atomic E-state index is 10.2. The smallest absolute Gasteiger partial charge is 0.119 e. The number of nitrogens with zero attached hydrogens (tertiary/aromatic N) is 2. The van der Waals surface area contributed by atoms with E-state index in [1.54, 1.807) is 36.0 Å².